The third-order valence-corrected chi connectivity index (χ3v) is 6.52. The Hall–Kier alpha value is -1.20. The lowest BCUT2D eigenvalue weighted by Crippen LogP contribution is -2.47. The molecule has 0 aromatic heterocycles. The Morgan fingerprint density at radius 3 is 2.78 bits per heavy atom. The number of benzene rings is 1. The fraction of sp³-hybridized carbons (Fsp3) is 0.611. The second-order valence-corrected chi connectivity index (χ2v) is 7.91. The Morgan fingerprint density at radius 1 is 1.35 bits per heavy atom. The minimum absolute atomic E-state index is 0.0361. The molecular formula is C18H26N2O2S. The van der Waals surface area contributed by atoms with Crippen LogP contribution in [0.15, 0.2) is 24.3 Å². The van der Waals surface area contributed by atoms with Crippen LogP contribution >= 0.6 is 11.8 Å². The standard InChI is InChI=1S/C18H26N2O2S/c1-13-5-3-4-6-14(13)15-11-16(15)20-17(21)19-12-18(23-2)7-9-22-10-8-18/h3-6,15-16H,7-12H2,1-2H3,(H2,19,20,21)/t15-,16-/m1/s1. The van der Waals surface area contributed by atoms with Gasteiger partial charge in [0.2, 0.25) is 0 Å². The highest BCUT2D eigenvalue weighted by Crippen LogP contribution is 2.42. The van der Waals surface area contributed by atoms with Gasteiger partial charge < -0.3 is 15.4 Å². The van der Waals surface area contributed by atoms with Crippen molar-refractivity contribution < 1.29 is 9.53 Å². The van der Waals surface area contributed by atoms with Gasteiger partial charge in [-0.3, -0.25) is 0 Å². The summed E-state index contributed by atoms with van der Waals surface area (Å²) in [7, 11) is 0. The Bertz CT molecular complexity index is 558. The maximum atomic E-state index is 12.2. The predicted octanol–water partition coefficient (Wildman–Crippen LogP) is 3.06. The van der Waals surface area contributed by atoms with Gasteiger partial charge in [0.15, 0.2) is 0 Å². The molecule has 3 rings (SSSR count). The van der Waals surface area contributed by atoms with Crippen molar-refractivity contribution in [2.45, 2.75) is 42.9 Å². The van der Waals surface area contributed by atoms with E-state index in [9.17, 15) is 4.79 Å². The van der Waals surface area contributed by atoms with Crippen molar-refractivity contribution in [3.05, 3.63) is 35.4 Å². The van der Waals surface area contributed by atoms with Gasteiger partial charge in [0.25, 0.3) is 0 Å². The molecule has 1 saturated heterocycles. The van der Waals surface area contributed by atoms with Gasteiger partial charge in [-0.05, 0) is 43.6 Å². The zero-order chi connectivity index (χ0) is 16.3. The van der Waals surface area contributed by atoms with Crippen molar-refractivity contribution in [2.24, 2.45) is 0 Å². The van der Waals surface area contributed by atoms with E-state index >= 15 is 0 Å². The first-order valence-electron chi connectivity index (χ1n) is 8.36. The van der Waals surface area contributed by atoms with E-state index in [1.54, 1.807) is 0 Å². The molecule has 4 nitrogen and oxygen atoms in total. The molecule has 0 radical (unpaired) electrons. The minimum atomic E-state index is -0.0361. The Morgan fingerprint density at radius 2 is 2.09 bits per heavy atom. The van der Waals surface area contributed by atoms with Crippen LogP contribution in [0.1, 0.15) is 36.3 Å². The topological polar surface area (TPSA) is 50.4 Å². The maximum absolute atomic E-state index is 12.2. The second kappa shape index (κ2) is 7.14. The highest BCUT2D eigenvalue weighted by Gasteiger charge is 2.40. The number of aryl methyl sites for hydroxylation is 1. The first-order valence-corrected chi connectivity index (χ1v) is 9.59. The normalized spacial score (nSPS) is 25.7. The number of rotatable bonds is 5. The van der Waals surface area contributed by atoms with Crippen molar-refractivity contribution in [1.29, 1.82) is 0 Å². The molecule has 2 N–H and O–H groups in total. The fourth-order valence-electron chi connectivity index (χ4n) is 3.36. The molecule has 5 heteroatoms. The largest absolute Gasteiger partial charge is 0.381 e. The van der Waals surface area contributed by atoms with Gasteiger partial charge in [-0.15, -0.1) is 0 Å². The summed E-state index contributed by atoms with van der Waals surface area (Å²) in [5, 5.41) is 6.20. The summed E-state index contributed by atoms with van der Waals surface area (Å²) in [5.74, 6) is 0.472. The Labute approximate surface area is 142 Å². The molecule has 2 amide bonds. The number of urea groups is 1. The zero-order valence-electron chi connectivity index (χ0n) is 13.9. The first-order chi connectivity index (χ1) is 11.1. The zero-order valence-corrected chi connectivity index (χ0v) is 14.7. The van der Waals surface area contributed by atoms with E-state index < -0.39 is 0 Å². The number of thioether (sulfide) groups is 1. The molecule has 1 aromatic carbocycles. The van der Waals surface area contributed by atoms with Gasteiger partial charge in [0.05, 0.1) is 0 Å². The Balaban J connectivity index is 1.46. The van der Waals surface area contributed by atoms with Crippen molar-refractivity contribution in [1.82, 2.24) is 10.6 Å². The van der Waals surface area contributed by atoms with Crippen molar-refractivity contribution in [3.8, 4) is 0 Å². The average Bonchev–Trinajstić information content (AvgIpc) is 3.33. The summed E-state index contributed by atoms with van der Waals surface area (Å²) in [6.07, 6.45) is 5.17. The van der Waals surface area contributed by atoms with Crippen molar-refractivity contribution in [3.63, 3.8) is 0 Å². The minimum Gasteiger partial charge on any atom is -0.381 e. The molecule has 1 aliphatic heterocycles. The van der Waals surface area contributed by atoms with E-state index in [1.807, 2.05) is 11.8 Å². The molecule has 126 valence electrons. The van der Waals surface area contributed by atoms with Crippen molar-refractivity contribution in [2.75, 3.05) is 26.0 Å². The van der Waals surface area contributed by atoms with Crippen LogP contribution in [0.3, 0.4) is 0 Å². The summed E-state index contributed by atoms with van der Waals surface area (Å²) < 4.78 is 5.57. The van der Waals surface area contributed by atoms with Gasteiger partial charge >= 0.3 is 6.03 Å². The third kappa shape index (κ3) is 4.01. The highest BCUT2D eigenvalue weighted by molar-refractivity contribution is 8.00. The summed E-state index contributed by atoms with van der Waals surface area (Å²) in [6, 6.07) is 8.68. The van der Waals surface area contributed by atoms with Crippen LogP contribution in [0.5, 0.6) is 0 Å². The lowest BCUT2D eigenvalue weighted by atomic mass is 9.99. The molecule has 2 aliphatic rings. The lowest BCUT2D eigenvalue weighted by Gasteiger charge is -2.35. The van der Waals surface area contributed by atoms with Gasteiger partial charge in [-0.1, -0.05) is 24.3 Å². The van der Waals surface area contributed by atoms with Crippen molar-refractivity contribution >= 4 is 17.8 Å². The number of ether oxygens (including phenoxy) is 1. The van der Waals surface area contributed by atoms with Gasteiger partial charge in [-0.25, -0.2) is 4.79 Å². The number of hydrogen-bond acceptors (Lipinski definition) is 3. The van der Waals surface area contributed by atoms with Crippen LogP contribution in [-0.2, 0) is 4.74 Å². The molecule has 0 spiro atoms. The SMILES string of the molecule is CSC1(CNC(=O)N[C@@H]2C[C@@H]2c2ccccc2C)CCOCC1. The molecule has 1 aliphatic carbocycles. The number of carbonyl (C=O) groups is 1. The van der Waals surface area contributed by atoms with E-state index in [0.717, 1.165) is 32.5 Å². The van der Waals surface area contributed by atoms with Crippen LogP contribution in [0, 0.1) is 6.92 Å². The lowest BCUT2D eigenvalue weighted by molar-refractivity contribution is 0.0777. The average molecular weight is 334 g/mol. The number of carbonyl (C=O) groups excluding carboxylic acids is 1. The molecule has 1 saturated carbocycles. The molecule has 23 heavy (non-hydrogen) atoms. The summed E-state index contributed by atoms with van der Waals surface area (Å²) >= 11 is 1.85. The quantitative estimate of drug-likeness (QED) is 0.870. The van der Waals surface area contributed by atoms with Gasteiger partial charge in [-0.2, -0.15) is 11.8 Å². The number of hydrogen-bond donors (Lipinski definition) is 2. The summed E-state index contributed by atoms with van der Waals surface area (Å²) in [4.78, 5) is 12.2. The molecule has 1 aromatic rings. The number of amides is 2. The maximum Gasteiger partial charge on any atom is 0.315 e. The second-order valence-electron chi connectivity index (χ2n) is 6.63. The van der Waals surface area contributed by atoms with Gasteiger partial charge in [0, 0.05) is 36.5 Å². The van der Waals surface area contributed by atoms with E-state index in [-0.39, 0.29) is 16.8 Å². The number of nitrogens with one attached hydrogen (secondary N) is 2. The van der Waals surface area contributed by atoms with E-state index in [2.05, 4.69) is 48.1 Å². The van der Waals surface area contributed by atoms with Gasteiger partial charge in [0.1, 0.15) is 0 Å². The van der Waals surface area contributed by atoms with Crippen LogP contribution in [0.4, 0.5) is 4.79 Å². The fourth-order valence-corrected chi connectivity index (χ4v) is 4.15. The van der Waals surface area contributed by atoms with E-state index in [1.165, 1.54) is 11.1 Å². The monoisotopic (exact) mass is 334 g/mol. The summed E-state index contributed by atoms with van der Waals surface area (Å²) in [6.45, 7) is 4.44. The van der Waals surface area contributed by atoms with Crippen LogP contribution < -0.4 is 10.6 Å². The molecule has 2 atom stereocenters. The van der Waals surface area contributed by atoms with Crippen LogP contribution in [0.25, 0.3) is 0 Å². The smallest absolute Gasteiger partial charge is 0.315 e. The predicted molar refractivity (Wildman–Crippen MR) is 95.2 cm³/mol. The molecule has 0 bridgehead atoms. The molecule has 0 unspecified atom stereocenters. The van der Waals surface area contributed by atoms with E-state index in [0.29, 0.717) is 12.5 Å². The molecular weight excluding hydrogens is 308 g/mol. The third-order valence-electron chi connectivity index (χ3n) is 5.10. The molecule has 2 fully saturated rings. The molecule has 1 heterocycles. The first kappa shape index (κ1) is 16.7. The Kier molecular flexibility index (Phi) is 5.17. The van der Waals surface area contributed by atoms with Crippen LogP contribution in [0.2, 0.25) is 0 Å². The highest BCUT2D eigenvalue weighted by atomic mass is 32.2. The van der Waals surface area contributed by atoms with E-state index in [4.69, 9.17) is 4.74 Å². The van der Waals surface area contributed by atoms with Crippen LogP contribution in [-0.4, -0.2) is 42.8 Å². The summed E-state index contributed by atoms with van der Waals surface area (Å²) in [5.41, 5.74) is 2.67.